The summed E-state index contributed by atoms with van der Waals surface area (Å²) in [7, 11) is 0. The van der Waals surface area contributed by atoms with Gasteiger partial charge < -0.3 is 0 Å². The van der Waals surface area contributed by atoms with Crippen molar-refractivity contribution < 1.29 is 22.9 Å². The van der Waals surface area contributed by atoms with E-state index in [-0.39, 0.29) is 18.5 Å². The Hall–Kier alpha value is -2.18. The molecular formula is C12H10F3NO3. The summed E-state index contributed by atoms with van der Waals surface area (Å²) in [5.41, 5.74) is 0.408. The first kappa shape index (κ1) is 14.9. The van der Waals surface area contributed by atoms with E-state index in [4.69, 9.17) is 0 Å². The molecule has 102 valence electrons. The second-order valence-electron chi connectivity index (χ2n) is 3.80. The summed E-state index contributed by atoms with van der Waals surface area (Å²) in [6.07, 6.45) is -3.45. The van der Waals surface area contributed by atoms with Crippen LogP contribution in [0.2, 0.25) is 0 Å². The summed E-state index contributed by atoms with van der Waals surface area (Å²) < 4.78 is 36.0. The van der Waals surface area contributed by atoms with Gasteiger partial charge in [0.05, 0.1) is 4.92 Å². The van der Waals surface area contributed by atoms with E-state index in [9.17, 15) is 28.1 Å². The van der Waals surface area contributed by atoms with E-state index < -0.39 is 29.0 Å². The van der Waals surface area contributed by atoms with Gasteiger partial charge in [-0.1, -0.05) is 12.1 Å². The number of nitro groups is 1. The Bertz CT molecular complexity index is 507. The molecule has 0 aliphatic heterocycles. The average molecular weight is 273 g/mol. The number of halogens is 3. The van der Waals surface area contributed by atoms with Crippen LogP contribution in [0.4, 0.5) is 18.9 Å². The van der Waals surface area contributed by atoms with Crippen LogP contribution < -0.4 is 0 Å². The molecule has 0 atom stereocenters. The minimum Gasteiger partial charge on any atom is -0.299 e. The average Bonchev–Trinajstić information content (AvgIpc) is 2.36. The number of carbonyl (C=O) groups is 1. The molecule has 7 heteroatoms. The zero-order valence-corrected chi connectivity index (χ0v) is 9.74. The summed E-state index contributed by atoms with van der Waals surface area (Å²) in [6.45, 7) is 0. The molecule has 0 aromatic heterocycles. The first-order valence-corrected chi connectivity index (χ1v) is 5.35. The molecular weight excluding hydrogens is 263 g/mol. The lowest BCUT2D eigenvalue weighted by Crippen LogP contribution is -2.03. The Morgan fingerprint density at radius 1 is 1.11 bits per heavy atom. The largest absolute Gasteiger partial charge is 0.301 e. The fourth-order valence-electron chi connectivity index (χ4n) is 1.40. The van der Waals surface area contributed by atoms with Crippen LogP contribution in [0.5, 0.6) is 0 Å². The van der Waals surface area contributed by atoms with Crippen molar-refractivity contribution in [2.24, 2.45) is 0 Å². The SMILES string of the molecule is O=C(CCC(F)=C(F)F)Cc1ccc([N+](=O)[O-])cc1. The molecule has 0 saturated carbocycles. The number of Topliss-reactive ketones (excluding diaryl/α,β-unsaturated/α-hetero) is 1. The molecule has 0 N–H and O–H groups in total. The molecule has 0 radical (unpaired) electrons. The van der Waals surface area contributed by atoms with Crippen molar-refractivity contribution in [1.82, 2.24) is 0 Å². The first-order valence-electron chi connectivity index (χ1n) is 5.35. The summed E-state index contributed by atoms with van der Waals surface area (Å²) >= 11 is 0. The van der Waals surface area contributed by atoms with Crippen LogP contribution in [0.1, 0.15) is 18.4 Å². The fourth-order valence-corrected chi connectivity index (χ4v) is 1.40. The van der Waals surface area contributed by atoms with Crippen molar-refractivity contribution in [1.29, 1.82) is 0 Å². The van der Waals surface area contributed by atoms with Crippen molar-refractivity contribution in [2.45, 2.75) is 19.3 Å². The molecule has 19 heavy (non-hydrogen) atoms. The highest BCUT2D eigenvalue weighted by Gasteiger charge is 2.10. The van der Waals surface area contributed by atoms with Crippen LogP contribution >= 0.6 is 0 Å². The van der Waals surface area contributed by atoms with Gasteiger partial charge in [-0.15, -0.1) is 0 Å². The number of hydrogen-bond donors (Lipinski definition) is 0. The third-order valence-corrected chi connectivity index (χ3v) is 2.38. The minimum atomic E-state index is -2.41. The van der Waals surface area contributed by atoms with E-state index in [1.165, 1.54) is 24.3 Å². The van der Waals surface area contributed by atoms with Crippen molar-refractivity contribution >= 4 is 11.5 Å². The topological polar surface area (TPSA) is 60.2 Å². The highest BCUT2D eigenvalue weighted by Crippen LogP contribution is 2.17. The Labute approximate surface area is 106 Å². The van der Waals surface area contributed by atoms with E-state index in [1.807, 2.05) is 0 Å². The molecule has 0 unspecified atom stereocenters. The molecule has 0 bridgehead atoms. The van der Waals surface area contributed by atoms with E-state index in [2.05, 4.69) is 0 Å². The maximum absolute atomic E-state index is 12.5. The van der Waals surface area contributed by atoms with E-state index in [0.717, 1.165) is 0 Å². The first-order chi connectivity index (χ1) is 8.90. The number of non-ortho nitro benzene ring substituents is 1. The van der Waals surface area contributed by atoms with Crippen LogP contribution in [-0.2, 0) is 11.2 Å². The predicted octanol–water partition coefficient (Wildman–Crippen LogP) is 3.56. The second-order valence-corrected chi connectivity index (χ2v) is 3.80. The number of ketones is 1. The maximum Gasteiger partial charge on any atom is 0.301 e. The quantitative estimate of drug-likeness (QED) is 0.588. The predicted molar refractivity (Wildman–Crippen MR) is 61.4 cm³/mol. The number of nitro benzene ring substituents is 1. The van der Waals surface area contributed by atoms with Crippen LogP contribution in [0, 0.1) is 10.1 Å². The number of carbonyl (C=O) groups excluding carboxylic acids is 1. The number of hydrogen-bond acceptors (Lipinski definition) is 3. The summed E-state index contributed by atoms with van der Waals surface area (Å²) in [6, 6.07) is 5.28. The lowest BCUT2D eigenvalue weighted by molar-refractivity contribution is -0.384. The van der Waals surface area contributed by atoms with Gasteiger partial charge >= 0.3 is 6.08 Å². The van der Waals surface area contributed by atoms with Crippen LogP contribution in [-0.4, -0.2) is 10.7 Å². The van der Waals surface area contributed by atoms with Crippen molar-refractivity contribution in [3.05, 3.63) is 51.9 Å². The third-order valence-electron chi connectivity index (χ3n) is 2.38. The van der Waals surface area contributed by atoms with Gasteiger partial charge in [0.15, 0.2) is 5.83 Å². The van der Waals surface area contributed by atoms with Crippen molar-refractivity contribution in [3.63, 3.8) is 0 Å². The van der Waals surface area contributed by atoms with Crippen LogP contribution in [0.25, 0.3) is 0 Å². The highest BCUT2D eigenvalue weighted by molar-refractivity contribution is 5.81. The molecule has 0 aliphatic carbocycles. The zero-order valence-electron chi connectivity index (χ0n) is 9.74. The zero-order chi connectivity index (χ0) is 14.4. The molecule has 0 heterocycles. The lowest BCUT2D eigenvalue weighted by atomic mass is 10.1. The van der Waals surface area contributed by atoms with E-state index >= 15 is 0 Å². The smallest absolute Gasteiger partial charge is 0.299 e. The highest BCUT2D eigenvalue weighted by atomic mass is 19.3. The molecule has 0 aliphatic rings. The maximum atomic E-state index is 12.5. The van der Waals surface area contributed by atoms with Crippen molar-refractivity contribution in [3.8, 4) is 0 Å². The van der Waals surface area contributed by atoms with Crippen molar-refractivity contribution in [2.75, 3.05) is 0 Å². The number of rotatable bonds is 6. The Balaban J connectivity index is 2.53. The second kappa shape index (κ2) is 6.67. The molecule has 1 aromatic carbocycles. The van der Waals surface area contributed by atoms with Gasteiger partial charge in [-0.05, 0) is 5.56 Å². The standard InChI is InChI=1S/C12H10F3NO3/c13-11(12(14)15)6-5-10(17)7-8-1-3-9(4-2-8)16(18)19/h1-4H,5-7H2. The Morgan fingerprint density at radius 3 is 2.16 bits per heavy atom. The Kier molecular flexibility index (Phi) is 5.23. The van der Waals surface area contributed by atoms with Gasteiger partial charge in [0.2, 0.25) is 0 Å². The molecule has 1 aromatic rings. The Morgan fingerprint density at radius 2 is 1.68 bits per heavy atom. The normalized spacial score (nSPS) is 10.1. The third kappa shape index (κ3) is 4.90. The number of allylic oxidation sites excluding steroid dienone is 1. The molecule has 0 fully saturated rings. The van der Waals surface area contributed by atoms with Gasteiger partial charge in [0.25, 0.3) is 5.69 Å². The minimum absolute atomic E-state index is 0.0703. The molecule has 1 rings (SSSR count). The van der Waals surface area contributed by atoms with Gasteiger partial charge in [0, 0.05) is 31.4 Å². The van der Waals surface area contributed by atoms with Crippen LogP contribution in [0.3, 0.4) is 0 Å². The monoisotopic (exact) mass is 273 g/mol. The summed E-state index contributed by atoms with van der Waals surface area (Å²) in [5.74, 6) is -2.00. The summed E-state index contributed by atoms with van der Waals surface area (Å²) in [5, 5.41) is 10.4. The van der Waals surface area contributed by atoms with Gasteiger partial charge in [0.1, 0.15) is 5.78 Å². The fraction of sp³-hybridized carbons (Fsp3) is 0.250. The molecule has 0 spiro atoms. The number of benzene rings is 1. The van der Waals surface area contributed by atoms with Gasteiger partial charge in [-0.25, -0.2) is 4.39 Å². The van der Waals surface area contributed by atoms with Gasteiger partial charge in [-0.2, -0.15) is 8.78 Å². The summed E-state index contributed by atoms with van der Waals surface area (Å²) in [4.78, 5) is 21.2. The molecule has 4 nitrogen and oxygen atoms in total. The van der Waals surface area contributed by atoms with E-state index in [1.54, 1.807) is 0 Å². The van der Waals surface area contributed by atoms with Gasteiger partial charge in [-0.3, -0.25) is 14.9 Å². The number of nitrogens with zero attached hydrogens (tertiary/aromatic N) is 1. The van der Waals surface area contributed by atoms with E-state index in [0.29, 0.717) is 5.56 Å². The molecule has 0 amide bonds. The molecule has 0 saturated heterocycles. The van der Waals surface area contributed by atoms with Crippen LogP contribution in [0.15, 0.2) is 36.2 Å². The lowest BCUT2D eigenvalue weighted by Gasteiger charge is -2.00.